The third kappa shape index (κ3) is 6.41. The van der Waals surface area contributed by atoms with Gasteiger partial charge in [-0.05, 0) is 49.4 Å². The molecule has 2 rings (SSSR count). The summed E-state index contributed by atoms with van der Waals surface area (Å²) in [5.74, 6) is 0.194. The van der Waals surface area contributed by atoms with Gasteiger partial charge in [-0.15, -0.1) is 0 Å². The fourth-order valence-corrected chi connectivity index (χ4v) is 3.27. The molecule has 0 aliphatic heterocycles. The van der Waals surface area contributed by atoms with Crippen molar-refractivity contribution in [2.24, 2.45) is 0 Å². The smallest absolute Gasteiger partial charge is 0.241 e. The highest BCUT2D eigenvalue weighted by Crippen LogP contribution is 2.19. The summed E-state index contributed by atoms with van der Waals surface area (Å²) < 4.78 is 49.0. The monoisotopic (exact) mass is 410 g/mol. The summed E-state index contributed by atoms with van der Waals surface area (Å²) in [4.78, 5) is 12.3. The highest BCUT2D eigenvalue weighted by Gasteiger charge is 2.22. The molecule has 28 heavy (non-hydrogen) atoms. The van der Waals surface area contributed by atoms with Crippen LogP contribution in [0.5, 0.6) is 11.5 Å². The Morgan fingerprint density at radius 2 is 1.82 bits per heavy atom. The van der Waals surface area contributed by atoms with E-state index in [2.05, 4.69) is 5.32 Å². The number of carbonyl (C=O) groups excluding carboxylic acids is 1. The molecule has 1 N–H and O–H groups in total. The molecule has 0 heterocycles. The zero-order chi connectivity index (χ0) is 20.7. The molecule has 0 saturated heterocycles. The third-order valence-electron chi connectivity index (χ3n) is 3.75. The first-order chi connectivity index (χ1) is 13.2. The first-order valence-corrected chi connectivity index (χ1v) is 10.3. The van der Waals surface area contributed by atoms with Crippen LogP contribution in [0.1, 0.15) is 6.92 Å². The van der Waals surface area contributed by atoms with E-state index >= 15 is 0 Å². The zero-order valence-corrected chi connectivity index (χ0v) is 16.7. The lowest BCUT2D eigenvalue weighted by Crippen LogP contribution is -2.44. The highest BCUT2D eigenvalue weighted by atomic mass is 32.2. The van der Waals surface area contributed by atoms with Crippen molar-refractivity contribution < 1.29 is 27.1 Å². The van der Waals surface area contributed by atoms with Gasteiger partial charge >= 0.3 is 0 Å². The Kier molecular flexibility index (Phi) is 7.22. The first kappa shape index (κ1) is 21.5. The van der Waals surface area contributed by atoms with E-state index in [1.807, 2.05) is 0 Å². The van der Waals surface area contributed by atoms with Crippen LogP contribution in [0.3, 0.4) is 0 Å². The largest absolute Gasteiger partial charge is 0.497 e. The van der Waals surface area contributed by atoms with Crippen molar-refractivity contribution in [1.29, 1.82) is 0 Å². The predicted octanol–water partition coefficient (Wildman–Crippen LogP) is 2.18. The molecule has 9 heteroatoms. The van der Waals surface area contributed by atoms with Gasteiger partial charge in [-0.3, -0.25) is 9.10 Å². The van der Waals surface area contributed by atoms with Crippen molar-refractivity contribution in [2.45, 2.75) is 13.0 Å². The van der Waals surface area contributed by atoms with Gasteiger partial charge in [0.1, 0.15) is 30.5 Å². The number of rotatable bonds is 9. The molecule has 7 nitrogen and oxygen atoms in total. The highest BCUT2D eigenvalue weighted by molar-refractivity contribution is 7.92. The van der Waals surface area contributed by atoms with Crippen molar-refractivity contribution >= 4 is 21.6 Å². The van der Waals surface area contributed by atoms with E-state index in [1.54, 1.807) is 38.3 Å². The number of sulfonamides is 1. The number of hydrogen-bond acceptors (Lipinski definition) is 5. The number of hydrogen-bond donors (Lipinski definition) is 1. The standard InChI is InChI=1S/C19H23FN2O5S/c1-14(13-27-18-9-7-17(26-2)8-10-18)21-19(23)12-22(28(3,24)25)16-6-4-5-15(20)11-16/h4-11,14H,12-13H2,1-3H3,(H,21,23)/t14-/m0/s1. The van der Waals surface area contributed by atoms with Crippen LogP contribution in [0.15, 0.2) is 48.5 Å². The number of amides is 1. The molecule has 152 valence electrons. The minimum absolute atomic E-state index is 0.0831. The maximum absolute atomic E-state index is 13.4. The Hall–Kier alpha value is -2.81. The number of ether oxygens (including phenoxy) is 2. The molecular formula is C19H23FN2O5S. The average Bonchev–Trinajstić information content (AvgIpc) is 2.64. The number of halogens is 1. The van der Waals surface area contributed by atoms with Crippen LogP contribution < -0.4 is 19.1 Å². The van der Waals surface area contributed by atoms with Crippen LogP contribution in [-0.4, -0.2) is 46.9 Å². The van der Waals surface area contributed by atoms with Crippen molar-refractivity contribution in [3.05, 3.63) is 54.3 Å². The van der Waals surface area contributed by atoms with Gasteiger partial charge in [0.15, 0.2) is 0 Å². The molecule has 2 aromatic carbocycles. The SMILES string of the molecule is COc1ccc(OC[C@H](C)NC(=O)CN(c2cccc(F)c2)S(C)(=O)=O)cc1. The quantitative estimate of drug-likeness (QED) is 0.685. The number of benzene rings is 2. The van der Waals surface area contributed by atoms with E-state index in [9.17, 15) is 17.6 Å². The van der Waals surface area contributed by atoms with Gasteiger partial charge in [0.05, 0.1) is 25.1 Å². The molecule has 1 amide bonds. The molecule has 0 saturated carbocycles. The summed E-state index contributed by atoms with van der Waals surface area (Å²) in [6, 6.07) is 11.7. The molecule has 0 aliphatic rings. The van der Waals surface area contributed by atoms with Gasteiger partial charge in [0.2, 0.25) is 15.9 Å². The van der Waals surface area contributed by atoms with Gasteiger partial charge in [-0.2, -0.15) is 0 Å². The fraction of sp³-hybridized carbons (Fsp3) is 0.316. The summed E-state index contributed by atoms with van der Waals surface area (Å²) in [6.45, 7) is 1.46. The molecular weight excluding hydrogens is 387 g/mol. The Morgan fingerprint density at radius 3 is 2.39 bits per heavy atom. The van der Waals surface area contributed by atoms with Crippen molar-refractivity contribution in [1.82, 2.24) is 5.32 Å². The van der Waals surface area contributed by atoms with E-state index < -0.39 is 28.3 Å². The number of anilines is 1. The minimum atomic E-state index is -3.76. The van der Waals surface area contributed by atoms with Crippen LogP contribution in [0.2, 0.25) is 0 Å². The van der Waals surface area contributed by atoms with E-state index in [0.29, 0.717) is 11.5 Å². The topological polar surface area (TPSA) is 84.9 Å². The lowest BCUT2D eigenvalue weighted by Gasteiger charge is -2.23. The predicted molar refractivity (Wildman–Crippen MR) is 105 cm³/mol. The molecule has 0 spiro atoms. The summed E-state index contributed by atoms with van der Waals surface area (Å²) in [5, 5.41) is 2.67. The summed E-state index contributed by atoms with van der Waals surface area (Å²) in [5.41, 5.74) is 0.0831. The lowest BCUT2D eigenvalue weighted by molar-refractivity contribution is -0.120. The van der Waals surface area contributed by atoms with E-state index in [1.165, 1.54) is 18.2 Å². The number of nitrogens with zero attached hydrogens (tertiary/aromatic N) is 1. The summed E-state index contributed by atoms with van der Waals surface area (Å²) in [7, 11) is -2.20. The second kappa shape index (κ2) is 9.41. The van der Waals surface area contributed by atoms with Crippen molar-refractivity contribution in [3.63, 3.8) is 0 Å². The van der Waals surface area contributed by atoms with Gasteiger partial charge < -0.3 is 14.8 Å². The minimum Gasteiger partial charge on any atom is -0.497 e. The van der Waals surface area contributed by atoms with Crippen LogP contribution >= 0.6 is 0 Å². The molecule has 0 aromatic heterocycles. The molecule has 0 fully saturated rings. The molecule has 0 aliphatic carbocycles. The van der Waals surface area contributed by atoms with Crippen LogP contribution in [-0.2, 0) is 14.8 Å². The van der Waals surface area contributed by atoms with Gasteiger partial charge in [-0.1, -0.05) is 6.07 Å². The number of carbonyl (C=O) groups is 1. The molecule has 0 bridgehead atoms. The van der Waals surface area contributed by atoms with Gasteiger partial charge in [-0.25, -0.2) is 12.8 Å². The normalized spacial score (nSPS) is 12.1. The fourth-order valence-electron chi connectivity index (χ4n) is 2.42. The Labute approximate surface area is 164 Å². The number of nitrogens with one attached hydrogen (secondary N) is 1. The Morgan fingerprint density at radius 1 is 1.18 bits per heavy atom. The van der Waals surface area contributed by atoms with Crippen LogP contribution in [0, 0.1) is 5.82 Å². The maximum Gasteiger partial charge on any atom is 0.241 e. The Balaban J connectivity index is 1.94. The number of methoxy groups -OCH3 is 1. The average molecular weight is 410 g/mol. The molecule has 1 atom stereocenters. The summed E-state index contributed by atoms with van der Waals surface area (Å²) >= 11 is 0. The van der Waals surface area contributed by atoms with E-state index in [4.69, 9.17) is 9.47 Å². The van der Waals surface area contributed by atoms with Crippen LogP contribution in [0.4, 0.5) is 10.1 Å². The molecule has 0 radical (unpaired) electrons. The second-order valence-corrected chi connectivity index (χ2v) is 8.11. The maximum atomic E-state index is 13.4. The van der Waals surface area contributed by atoms with E-state index in [0.717, 1.165) is 16.6 Å². The van der Waals surface area contributed by atoms with Crippen molar-refractivity contribution in [2.75, 3.05) is 30.8 Å². The third-order valence-corrected chi connectivity index (χ3v) is 4.89. The van der Waals surface area contributed by atoms with Crippen molar-refractivity contribution in [3.8, 4) is 11.5 Å². The molecule has 2 aromatic rings. The van der Waals surface area contributed by atoms with E-state index in [-0.39, 0.29) is 18.3 Å². The Bertz CT molecular complexity index is 903. The second-order valence-electron chi connectivity index (χ2n) is 6.20. The van der Waals surface area contributed by atoms with Crippen LogP contribution in [0.25, 0.3) is 0 Å². The van der Waals surface area contributed by atoms with Gasteiger partial charge in [0.25, 0.3) is 0 Å². The van der Waals surface area contributed by atoms with Gasteiger partial charge in [0, 0.05) is 0 Å². The first-order valence-electron chi connectivity index (χ1n) is 8.48. The lowest BCUT2D eigenvalue weighted by atomic mass is 10.3. The molecule has 0 unspecified atom stereocenters. The summed E-state index contributed by atoms with van der Waals surface area (Å²) in [6.07, 6.45) is 0.960. The zero-order valence-electron chi connectivity index (χ0n) is 15.9.